The number of ether oxygens (including phenoxy) is 1. The molecule has 0 aliphatic heterocycles. The fraction of sp³-hybridized carbons (Fsp3) is 0.333. The highest BCUT2D eigenvalue weighted by atomic mass is 16.5. The molecule has 1 N–H and O–H groups in total. The molecule has 1 atom stereocenters. The van der Waals surface area contributed by atoms with E-state index in [9.17, 15) is 4.79 Å². The summed E-state index contributed by atoms with van der Waals surface area (Å²) >= 11 is 0. The Morgan fingerprint density at radius 2 is 1.82 bits per heavy atom. The van der Waals surface area contributed by atoms with Gasteiger partial charge in [-0.2, -0.15) is 0 Å². The van der Waals surface area contributed by atoms with Crippen molar-refractivity contribution in [2.45, 2.75) is 52.1 Å². The Labute approximate surface area is 194 Å². The number of hydrogen-bond acceptors (Lipinski definition) is 4. The van der Waals surface area contributed by atoms with Crippen molar-refractivity contribution in [3.05, 3.63) is 84.1 Å². The Kier molecular flexibility index (Phi) is 7.13. The second kappa shape index (κ2) is 10.4. The molecule has 0 saturated heterocycles. The number of nitrogens with zero attached hydrogens (tertiary/aromatic N) is 2. The maximum absolute atomic E-state index is 12.4. The van der Waals surface area contributed by atoms with Crippen LogP contribution in [0.15, 0.2) is 71.3 Å². The quantitative estimate of drug-likeness (QED) is 0.299. The molecule has 4 aromatic rings. The summed E-state index contributed by atoms with van der Waals surface area (Å²) in [6.45, 7) is 7.78. The van der Waals surface area contributed by atoms with Crippen LogP contribution in [0.4, 0.5) is 0 Å². The number of carbonyl (C=O) groups excluding carboxylic acids is 1. The van der Waals surface area contributed by atoms with Crippen LogP contribution in [0.5, 0.6) is 5.75 Å². The van der Waals surface area contributed by atoms with E-state index in [1.54, 1.807) is 12.1 Å². The van der Waals surface area contributed by atoms with Crippen LogP contribution >= 0.6 is 0 Å². The number of carbonyl (C=O) groups is 1. The summed E-state index contributed by atoms with van der Waals surface area (Å²) in [5, 5.41) is 2.99. The molecule has 0 bridgehead atoms. The van der Waals surface area contributed by atoms with Gasteiger partial charge in [0.05, 0.1) is 29.9 Å². The molecule has 0 aliphatic carbocycles. The average molecular weight is 446 g/mol. The predicted molar refractivity (Wildman–Crippen MR) is 130 cm³/mol. The van der Waals surface area contributed by atoms with Gasteiger partial charge in [-0.1, -0.05) is 38.1 Å². The zero-order valence-electron chi connectivity index (χ0n) is 19.5. The molecule has 2 aromatic carbocycles. The normalized spacial score (nSPS) is 12.2. The summed E-state index contributed by atoms with van der Waals surface area (Å²) in [5.41, 5.74) is 3.31. The molecule has 0 aliphatic rings. The molecule has 0 spiro atoms. The molecular weight excluding hydrogens is 414 g/mol. The van der Waals surface area contributed by atoms with Crippen molar-refractivity contribution < 1.29 is 13.9 Å². The van der Waals surface area contributed by atoms with E-state index >= 15 is 0 Å². The van der Waals surface area contributed by atoms with E-state index < -0.39 is 0 Å². The van der Waals surface area contributed by atoms with Crippen LogP contribution in [0.2, 0.25) is 0 Å². The zero-order chi connectivity index (χ0) is 23.2. The van der Waals surface area contributed by atoms with Gasteiger partial charge in [0.1, 0.15) is 11.6 Å². The summed E-state index contributed by atoms with van der Waals surface area (Å²) in [6, 6.07) is 19.5. The SMILES string of the molecule is CC(C)c1ccc(OCCCCn2c(C(C)NC(=O)c3ccco3)nc3ccccc32)cc1. The lowest BCUT2D eigenvalue weighted by molar-refractivity contribution is 0.0909. The highest BCUT2D eigenvalue weighted by Gasteiger charge is 2.20. The Balaban J connectivity index is 1.37. The topological polar surface area (TPSA) is 69.3 Å². The van der Waals surface area contributed by atoms with E-state index in [1.807, 2.05) is 37.3 Å². The Bertz CT molecular complexity index is 1180. The third kappa shape index (κ3) is 5.45. The van der Waals surface area contributed by atoms with Crippen LogP contribution in [0.1, 0.15) is 67.5 Å². The number of furan rings is 1. The van der Waals surface area contributed by atoms with Gasteiger partial charge in [-0.25, -0.2) is 4.98 Å². The highest BCUT2D eigenvalue weighted by Crippen LogP contribution is 2.23. The largest absolute Gasteiger partial charge is 0.494 e. The smallest absolute Gasteiger partial charge is 0.287 e. The molecule has 0 fully saturated rings. The van der Waals surface area contributed by atoms with Crippen LogP contribution in [0, 0.1) is 0 Å². The number of benzene rings is 2. The van der Waals surface area contributed by atoms with Crippen molar-refractivity contribution in [2.75, 3.05) is 6.61 Å². The molecule has 1 amide bonds. The van der Waals surface area contributed by atoms with Crippen LogP contribution in [-0.2, 0) is 6.54 Å². The molecule has 33 heavy (non-hydrogen) atoms. The van der Waals surface area contributed by atoms with E-state index in [1.165, 1.54) is 11.8 Å². The molecule has 6 heteroatoms. The monoisotopic (exact) mass is 445 g/mol. The lowest BCUT2D eigenvalue weighted by Crippen LogP contribution is -2.28. The maximum Gasteiger partial charge on any atom is 0.287 e. The van der Waals surface area contributed by atoms with Gasteiger partial charge >= 0.3 is 0 Å². The maximum atomic E-state index is 12.4. The number of hydrogen-bond donors (Lipinski definition) is 1. The van der Waals surface area contributed by atoms with Gasteiger partial charge in [0, 0.05) is 6.54 Å². The summed E-state index contributed by atoms with van der Waals surface area (Å²) in [5.74, 6) is 2.30. The van der Waals surface area contributed by atoms with Gasteiger partial charge in [0.25, 0.3) is 5.91 Å². The van der Waals surface area contributed by atoms with Crippen LogP contribution < -0.4 is 10.1 Å². The minimum atomic E-state index is -0.259. The van der Waals surface area contributed by atoms with Gasteiger partial charge in [-0.15, -0.1) is 0 Å². The molecule has 0 radical (unpaired) electrons. The predicted octanol–water partition coefficient (Wildman–Crippen LogP) is 6.10. The molecule has 4 rings (SSSR count). The van der Waals surface area contributed by atoms with Crippen molar-refractivity contribution in [1.29, 1.82) is 0 Å². The summed E-state index contributed by atoms with van der Waals surface area (Å²) < 4.78 is 13.3. The number of aromatic nitrogens is 2. The first-order chi connectivity index (χ1) is 16.0. The molecule has 2 aromatic heterocycles. The van der Waals surface area contributed by atoms with E-state index in [-0.39, 0.29) is 11.9 Å². The van der Waals surface area contributed by atoms with E-state index in [4.69, 9.17) is 14.1 Å². The first-order valence-corrected chi connectivity index (χ1v) is 11.5. The van der Waals surface area contributed by atoms with E-state index in [0.29, 0.717) is 18.3 Å². The molecular formula is C27H31N3O3. The van der Waals surface area contributed by atoms with Gasteiger partial charge in [0.2, 0.25) is 0 Å². The zero-order valence-corrected chi connectivity index (χ0v) is 19.5. The molecule has 6 nitrogen and oxygen atoms in total. The number of nitrogens with one attached hydrogen (secondary N) is 1. The lowest BCUT2D eigenvalue weighted by atomic mass is 10.0. The fourth-order valence-corrected chi connectivity index (χ4v) is 3.91. The summed E-state index contributed by atoms with van der Waals surface area (Å²) in [7, 11) is 0. The fourth-order valence-electron chi connectivity index (χ4n) is 3.91. The van der Waals surface area contributed by atoms with Crippen LogP contribution in [-0.4, -0.2) is 22.1 Å². The number of para-hydroxylation sites is 2. The summed E-state index contributed by atoms with van der Waals surface area (Å²) in [6.07, 6.45) is 3.36. The minimum absolute atomic E-state index is 0.247. The number of unbranched alkanes of at least 4 members (excludes halogenated alkanes) is 1. The third-order valence-electron chi connectivity index (χ3n) is 5.76. The first kappa shape index (κ1) is 22.6. The summed E-state index contributed by atoms with van der Waals surface area (Å²) in [4.78, 5) is 17.3. The minimum Gasteiger partial charge on any atom is -0.494 e. The Morgan fingerprint density at radius 3 is 2.55 bits per heavy atom. The second-order valence-electron chi connectivity index (χ2n) is 8.56. The number of amides is 1. The lowest BCUT2D eigenvalue weighted by Gasteiger charge is -2.16. The van der Waals surface area contributed by atoms with Crippen LogP contribution in [0.25, 0.3) is 11.0 Å². The Hall–Kier alpha value is -3.54. The number of imidazole rings is 1. The van der Waals surface area contributed by atoms with Crippen molar-refractivity contribution in [3.63, 3.8) is 0 Å². The van der Waals surface area contributed by atoms with Crippen molar-refractivity contribution >= 4 is 16.9 Å². The first-order valence-electron chi connectivity index (χ1n) is 11.5. The molecule has 0 saturated carbocycles. The van der Waals surface area contributed by atoms with Crippen molar-refractivity contribution in [1.82, 2.24) is 14.9 Å². The van der Waals surface area contributed by atoms with Gasteiger partial charge in [-0.3, -0.25) is 4.79 Å². The van der Waals surface area contributed by atoms with Gasteiger partial charge < -0.3 is 19.0 Å². The Morgan fingerprint density at radius 1 is 1.03 bits per heavy atom. The number of fused-ring (bicyclic) bond motifs is 1. The van der Waals surface area contributed by atoms with Gasteiger partial charge in [0.15, 0.2) is 5.76 Å². The standard InChI is InChI=1S/C27H31N3O3/c1-19(2)21-12-14-22(15-13-21)32-17-7-6-16-30-24-10-5-4-9-23(24)29-26(30)20(3)28-27(31)25-11-8-18-33-25/h4-5,8-15,18-20H,6-7,16-17H2,1-3H3,(H,28,31). The molecule has 1 unspecified atom stereocenters. The van der Waals surface area contributed by atoms with E-state index in [0.717, 1.165) is 42.0 Å². The van der Waals surface area contributed by atoms with E-state index in [2.05, 4.69) is 41.9 Å². The van der Waals surface area contributed by atoms with Crippen LogP contribution in [0.3, 0.4) is 0 Å². The number of aryl methyl sites for hydroxylation is 1. The van der Waals surface area contributed by atoms with Gasteiger partial charge in [-0.05, 0) is 67.6 Å². The second-order valence-corrected chi connectivity index (χ2v) is 8.56. The average Bonchev–Trinajstić information content (AvgIpc) is 3.48. The number of rotatable bonds is 10. The van der Waals surface area contributed by atoms with Crippen molar-refractivity contribution in [3.8, 4) is 5.75 Å². The molecule has 2 heterocycles. The van der Waals surface area contributed by atoms with Crippen molar-refractivity contribution in [2.24, 2.45) is 0 Å². The molecule has 172 valence electrons. The highest BCUT2D eigenvalue weighted by molar-refractivity contribution is 5.91. The third-order valence-corrected chi connectivity index (χ3v) is 5.76.